The number of para-hydroxylation sites is 1. The highest BCUT2D eigenvalue weighted by Crippen LogP contribution is 2.30. The Labute approximate surface area is 245 Å². The molecule has 0 saturated heterocycles. The molecule has 1 heterocycles. The van der Waals surface area contributed by atoms with Gasteiger partial charge in [-0.2, -0.15) is 0 Å². The Bertz CT molecular complexity index is 1600. The summed E-state index contributed by atoms with van der Waals surface area (Å²) in [4.78, 5) is 42.3. The van der Waals surface area contributed by atoms with Gasteiger partial charge in [-0.3, -0.25) is 14.2 Å². The largest absolute Gasteiger partial charge is 0.492 e. The van der Waals surface area contributed by atoms with Gasteiger partial charge in [0.1, 0.15) is 5.75 Å². The minimum atomic E-state index is -0.400. The van der Waals surface area contributed by atoms with Gasteiger partial charge in [0.2, 0.25) is 0 Å². The van der Waals surface area contributed by atoms with Crippen molar-refractivity contribution >= 4 is 23.4 Å². The van der Waals surface area contributed by atoms with Gasteiger partial charge in [0.25, 0.3) is 5.56 Å². The summed E-state index contributed by atoms with van der Waals surface area (Å²) in [6, 6.07) is 20.1. The lowest BCUT2D eigenvalue weighted by Crippen LogP contribution is -2.22. The number of aryl methyl sites for hydroxylation is 1. The fourth-order valence-corrected chi connectivity index (χ4v) is 4.55. The van der Waals surface area contributed by atoms with Crippen molar-refractivity contribution in [1.82, 2.24) is 9.55 Å². The molecule has 0 fully saturated rings. The molecule has 0 unspecified atom stereocenters. The molecule has 4 rings (SSSR count). The van der Waals surface area contributed by atoms with Crippen molar-refractivity contribution < 1.29 is 19.1 Å². The summed E-state index contributed by atoms with van der Waals surface area (Å²) >= 11 is 0. The van der Waals surface area contributed by atoms with Crippen molar-refractivity contribution in [1.29, 1.82) is 0 Å². The highest BCUT2D eigenvalue weighted by molar-refractivity contribution is 6.01. The molecule has 0 aliphatic heterocycles. The smallest absolute Gasteiger partial charge is 0.323 e. The van der Waals surface area contributed by atoms with Gasteiger partial charge in [-0.1, -0.05) is 55.5 Å². The number of benzene rings is 3. The molecule has 0 bridgehead atoms. The second-order valence-corrected chi connectivity index (χ2v) is 9.93. The number of carbonyl (C=O) groups excluding carboxylic acids is 2. The van der Waals surface area contributed by atoms with E-state index >= 15 is 0 Å². The number of aromatic nitrogens is 2. The molecule has 218 valence electrons. The second kappa shape index (κ2) is 14.1. The monoisotopic (exact) mass is 568 g/mol. The average Bonchev–Trinajstić information content (AvgIpc) is 2.97. The Morgan fingerprint density at radius 2 is 1.69 bits per heavy atom. The number of amides is 2. The molecule has 1 atom stereocenters. The van der Waals surface area contributed by atoms with Gasteiger partial charge >= 0.3 is 12.0 Å². The van der Waals surface area contributed by atoms with Crippen LogP contribution in [-0.4, -0.2) is 34.8 Å². The van der Waals surface area contributed by atoms with E-state index in [0.29, 0.717) is 54.4 Å². The molecule has 2 amide bonds. The molecule has 3 aromatic carbocycles. The van der Waals surface area contributed by atoms with Crippen LogP contribution in [0.4, 0.5) is 16.2 Å². The van der Waals surface area contributed by atoms with Crippen LogP contribution in [-0.2, 0) is 16.1 Å². The maximum atomic E-state index is 13.4. The number of nitrogens with one attached hydrogen (secondary N) is 2. The van der Waals surface area contributed by atoms with Crippen LogP contribution in [0.1, 0.15) is 49.8 Å². The van der Waals surface area contributed by atoms with Crippen molar-refractivity contribution in [3.05, 3.63) is 106 Å². The van der Waals surface area contributed by atoms with E-state index in [-0.39, 0.29) is 17.4 Å². The molecule has 9 nitrogen and oxygen atoms in total. The predicted molar refractivity (Wildman–Crippen MR) is 164 cm³/mol. The van der Waals surface area contributed by atoms with E-state index in [1.165, 1.54) is 12.5 Å². The van der Waals surface area contributed by atoms with Crippen LogP contribution in [0.5, 0.6) is 5.75 Å². The standard InChI is InChI=1S/C33H36N4O5/c1-5-41-30-18-26(15-16-29(30)36-33(40)35-28-10-8-7-9-22(28)3)27-19-34-21-37(32(27)39)20-24-11-13-25(14-12-24)23(4)17-31(38)42-6-2/h7-16,18-19,21,23H,5-6,17,20H2,1-4H3,(H2,35,36,40)/t23-/m0/s1. The Kier molecular flexibility index (Phi) is 10.1. The molecule has 0 radical (unpaired) electrons. The van der Waals surface area contributed by atoms with E-state index in [1.807, 2.05) is 69.3 Å². The first kappa shape index (κ1) is 30.0. The fraction of sp³-hybridized carbons (Fsp3) is 0.273. The van der Waals surface area contributed by atoms with E-state index in [9.17, 15) is 14.4 Å². The summed E-state index contributed by atoms with van der Waals surface area (Å²) in [5, 5.41) is 5.68. The van der Waals surface area contributed by atoms with Gasteiger partial charge in [0, 0.05) is 11.9 Å². The summed E-state index contributed by atoms with van der Waals surface area (Å²) < 4.78 is 12.4. The molecule has 1 aromatic heterocycles. The zero-order chi connectivity index (χ0) is 30.1. The Balaban J connectivity index is 1.50. The zero-order valence-electron chi connectivity index (χ0n) is 24.3. The van der Waals surface area contributed by atoms with E-state index in [0.717, 1.165) is 16.7 Å². The second-order valence-electron chi connectivity index (χ2n) is 9.93. The van der Waals surface area contributed by atoms with Gasteiger partial charge in [0.15, 0.2) is 0 Å². The lowest BCUT2D eigenvalue weighted by Gasteiger charge is -2.15. The van der Waals surface area contributed by atoms with Crippen molar-refractivity contribution in [2.45, 2.75) is 46.6 Å². The maximum absolute atomic E-state index is 13.4. The normalized spacial score (nSPS) is 11.4. The number of ether oxygens (including phenoxy) is 2. The molecular formula is C33H36N4O5. The number of rotatable bonds is 11. The van der Waals surface area contributed by atoms with Gasteiger partial charge in [0.05, 0.1) is 43.8 Å². The Morgan fingerprint density at radius 1 is 0.952 bits per heavy atom. The SMILES string of the molecule is CCOC(=O)C[C@H](C)c1ccc(Cn2cncc(-c3ccc(NC(=O)Nc4ccccc4C)c(OCC)c3)c2=O)cc1. The highest BCUT2D eigenvalue weighted by atomic mass is 16.5. The third-order valence-corrected chi connectivity index (χ3v) is 6.81. The number of hydrogen-bond donors (Lipinski definition) is 2. The Morgan fingerprint density at radius 3 is 2.40 bits per heavy atom. The fourth-order valence-electron chi connectivity index (χ4n) is 4.55. The van der Waals surface area contributed by atoms with Crippen LogP contribution in [0.25, 0.3) is 11.1 Å². The summed E-state index contributed by atoms with van der Waals surface area (Å²) in [7, 11) is 0. The van der Waals surface area contributed by atoms with Crippen molar-refractivity contribution in [2.24, 2.45) is 0 Å². The third kappa shape index (κ3) is 7.63. The van der Waals surface area contributed by atoms with E-state index in [1.54, 1.807) is 29.7 Å². The summed E-state index contributed by atoms with van der Waals surface area (Å²) in [6.07, 6.45) is 3.36. The molecule has 0 aliphatic carbocycles. The average molecular weight is 569 g/mol. The van der Waals surface area contributed by atoms with Crippen LogP contribution in [0.3, 0.4) is 0 Å². The van der Waals surface area contributed by atoms with Crippen LogP contribution in [0.15, 0.2) is 84.0 Å². The van der Waals surface area contributed by atoms with E-state index in [4.69, 9.17) is 9.47 Å². The molecule has 0 spiro atoms. The maximum Gasteiger partial charge on any atom is 0.323 e. The van der Waals surface area contributed by atoms with Crippen LogP contribution < -0.4 is 20.9 Å². The lowest BCUT2D eigenvalue weighted by molar-refractivity contribution is -0.143. The quantitative estimate of drug-likeness (QED) is 0.204. The van der Waals surface area contributed by atoms with Crippen LogP contribution in [0.2, 0.25) is 0 Å². The molecule has 42 heavy (non-hydrogen) atoms. The van der Waals surface area contributed by atoms with Gasteiger partial charge in [-0.15, -0.1) is 0 Å². The summed E-state index contributed by atoms with van der Waals surface area (Å²) in [5.41, 5.74) is 4.92. The van der Waals surface area contributed by atoms with Crippen molar-refractivity contribution in [2.75, 3.05) is 23.8 Å². The molecule has 0 saturated carbocycles. The summed E-state index contributed by atoms with van der Waals surface area (Å²) in [5.74, 6) is 0.249. The first-order chi connectivity index (χ1) is 20.3. The number of urea groups is 1. The molecule has 0 aliphatic rings. The topological polar surface area (TPSA) is 112 Å². The van der Waals surface area contributed by atoms with Crippen molar-refractivity contribution in [3.8, 4) is 16.9 Å². The number of esters is 1. The summed E-state index contributed by atoms with van der Waals surface area (Å²) in [6.45, 7) is 8.63. The highest BCUT2D eigenvalue weighted by Gasteiger charge is 2.15. The number of hydrogen-bond acceptors (Lipinski definition) is 6. The zero-order valence-corrected chi connectivity index (χ0v) is 24.3. The van der Waals surface area contributed by atoms with Crippen molar-refractivity contribution in [3.63, 3.8) is 0 Å². The molecule has 9 heteroatoms. The Hall–Kier alpha value is -4.92. The van der Waals surface area contributed by atoms with Gasteiger partial charge in [-0.25, -0.2) is 9.78 Å². The van der Waals surface area contributed by atoms with Gasteiger partial charge in [-0.05, 0) is 67.1 Å². The number of carbonyl (C=O) groups is 2. The minimum Gasteiger partial charge on any atom is -0.492 e. The first-order valence-electron chi connectivity index (χ1n) is 14.0. The predicted octanol–water partition coefficient (Wildman–Crippen LogP) is 6.37. The molecular weight excluding hydrogens is 532 g/mol. The molecule has 4 aromatic rings. The van der Waals surface area contributed by atoms with E-state index < -0.39 is 6.03 Å². The number of nitrogens with zero attached hydrogens (tertiary/aromatic N) is 2. The molecule has 2 N–H and O–H groups in total. The first-order valence-corrected chi connectivity index (χ1v) is 14.0. The number of anilines is 2. The van der Waals surface area contributed by atoms with Crippen LogP contribution >= 0.6 is 0 Å². The lowest BCUT2D eigenvalue weighted by atomic mass is 9.97. The third-order valence-electron chi connectivity index (χ3n) is 6.81. The minimum absolute atomic E-state index is 0.0244. The van der Waals surface area contributed by atoms with E-state index in [2.05, 4.69) is 15.6 Å². The van der Waals surface area contributed by atoms with Gasteiger partial charge < -0.3 is 20.1 Å². The van der Waals surface area contributed by atoms with Crippen LogP contribution in [0, 0.1) is 6.92 Å².